The third-order valence-corrected chi connectivity index (χ3v) is 6.00. The summed E-state index contributed by atoms with van der Waals surface area (Å²) < 4.78 is 23.2. The van der Waals surface area contributed by atoms with Crippen molar-refractivity contribution in [2.24, 2.45) is 5.14 Å². The number of imidazole rings is 1. The van der Waals surface area contributed by atoms with Gasteiger partial charge in [-0.15, -0.1) is 0 Å². The standard InChI is InChI=1S/C21H17N5O3S/c1-11-8-13(27)3-6-15(11)12-2-5-16-18(9-12)25-26-20(16)21-23-17-7-4-14(30(22,28)29)10-19(17)24-21/h2-10,27H,1H3,(H,23,24)(H,25,26)(H2,22,28,29). The Kier molecular flexibility index (Phi) is 3.92. The number of aromatic hydroxyl groups is 1. The third-order valence-electron chi connectivity index (χ3n) is 5.09. The number of hydrogen-bond donors (Lipinski definition) is 4. The lowest BCUT2D eigenvalue weighted by atomic mass is 9.99. The molecule has 0 amide bonds. The Balaban J connectivity index is 1.60. The number of phenolic OH excluding ortho intramolecular Hbond substituents is 1. The molecule has 0 bridgehead atoms. The van der Waals surface area contributed by atoms with Crippen LogP contribution < -0.4 is 5.14 Å². The summed E-state index contributed by atoms with van der Waals surface area (Å²) in [5.41, 5.74) is 5.63. The first-order valence-electron chi connectivity index (χ1n) is 9.11. The summed E-state index contributed by atoms with van der Waals surface area (Å²) in [6.07, 6.45) is 0. The first kappa shape index (κ1) is 18.3. The summed E-state index contributed by atoms with van der Waals surface area (Å²) in [6.45, 7) is 1.95. The van der Waals surface area contributed by atoms with Crippen molar-refractivity contribution in [1.29, 1.82) is 0 Å². The fourth-order valence-corrected chi connectivity index (χ4v) is 4.16. The van der Waals surface area contributed by atoms with Crippen molar-refractivity contribution in [2.45, 2.75) is 11.8 Å². The predicted molar refractivity (Wildman–Crippen MR) is 114 cm³/mol. The zero-order chi connectivity index (χ0) is 21.0. The van der Waals surface area contributed by atoms with Crippen molar-refractivity contribution in [1.82, 2.24) is 20.2 Å². The minimum absolute atomic E-state index is 0.0194. The molecule has 2 aromatic heterocycles. The topological polar surface area (TPSA) is 138 Å². The molecule has 8 nitrogen and oxygen atoms in total. The minimum Gasteiger partial charge on any atom is -0.508 e. The number of aromatic amines is 2. The van der Waals surface area contributed by atoms with E-state index in [1.54, 1.807) is 18.2 Å². The minimum atomic E-state index is -3.80. The van der Waals surface area contributed by atoms with Gasteiger partial charge in [0.2, 0.25) is 10.0 Å². The summed E-state index contributed by atoms with van der Waals surface area (Å²) in [5, 5.41) is 23.2. The smallest absolute Gasteiger partial charge is 0.238 e. The third kappa shape index (κ3) is 3.00. The van der Waals surface area contributed by atoms with E-state index in [0.29, 0.717) is 22.6 Å². The van der Waals surface area contributed by atoms with Crippen LogP contribution in [0.4, 0.5) is 0 Å². The van der Waals surface area contributed by atoms with Crippen molar-refractivity contribution >= 4 is 32.0 Å². The number of primary sulfonamides is 1. The van der Waals surface area contributed by atoms with Gasteiger partial charge in [0.1, 0.15) is 11.4 Å². The zero-order valence-electron chi connectivity index (χ0n) is 15.8. The number of benzene rings is 3. The lowest BCUT2D eigenvalue weighted by Gasteiger charge is -2.06. The molecule has 0 saturated carbocycles. The Morgan fingerprint density at radius 3 is 2.60 bits per heavy atom. The zero-order valence-corrected chi connectivity index (χ0v) is 16.7. The van der Waals surface area contributed by atoms with E-state index >= 15 is 0 Å². The molecule has 3 aromatic carbocycles. The molecule has 0 radical (unpaired) electrons. The van der Waals surface area contributed by atoms with Crippen LogP contribution in [0.25, 0.3) is 44.6 Å². The normalized spacial score (nSPS) is 12.1. The SMILES string of the molecule is Cc1cc(O)ccc1-c1ccc2c(-c3nc4ccc(S(N)(=O)=O)cc4[nH]3)n[nH]c2c1. The average molecular weight is 419 g/mol. The Labute approximate surface area is 171 Å². The number of aromatic nitrogens is 4. The van der Waals surface area contributed by atoms with Crippen molar-refractivity contribution in [3.8, 4) is 28.4 Å². The van der Waals surface area contributed by atoms with E-state index in [2.05, 4.69) is 20.2 Å². The largest absolute Gasteiger partial charge is 0.508 e. The molecule has 5 N–H and O–H groups in total. The van der Waals surface area contributed by atoms with Crippen LogP contribution in [0.5, 0.6) is 5.75 Å². The number of aryl methyl sites for hydroxylation is 1. The molecule has 0 aliphatic heterocycles. The van der Waals surface area contributed by atoms with Gasteiger partial charge in [0, 0.05) is 5.39 Å². The van der Waals surface area contributed by atoms with Gasteiger partial charge >= 0.3 is 0 Å². The van der Waals surface area contributed by atoms with E-state index in [-0.39, 0.29) is 10.6 Å². The molecular formula is C21H17N5O3S. The van der Waals surface area contributed by atoms with Crippen LogP contribution in [0.2, 0.25) is 0 Å². The van der Waals surface area contributed by atoms with Crippen LogP contribution in [0.1, 0.15) is 5.56 Å². The highest BCUT2D eigenvalue weighted by molar-refractivity contribution is 7.89. The van der Waals surface area contributed by atoms with Crippen LogP contribution >= 0.6 is 0 Å². The molecule has 30 heavy (non-hydrogen) atoms. The number of rotatable bonds is 3. The molecule has 2 heterocycles. The second kappa shape index (κ2) is 6.41. The molecule has 0 aliphatic carbocycles. The number of nitrogens with two attached hydrogens (primary N) is 1. The number of nitrogens with one attached hydrogen (secondary N) is 2. The Hall–Kier alpha value is -3.69. The highest BCUT2D eigenvalue weighted by Gasteiger charge is 2.15. The van der Waals surface area contributed by atoms with Gasteiger partial charge in [0.05, 0.1) is 21.4 Å². The van der Waals surface area contributed by atoms with E-state index in [1.807, 2.05) is 31.2 Å². The number of phenols is 1. The van der Waals surface area contributed by atoms with Gasteiger partial charge in [0.15, 0.2) is 5.82 Å². The molecule has 9 heteroatoms. The lowest BCUT2D eigenvalue weighted by molar-refractivity contribution is 0.475. The van der Waals surface area contributed by atoms with Crippen LogP contribution in [0.15, 0.2) is 59.5 Å². The Morgan fingerprint density at radius 2 is 1.83 bits per heavy atom. The molecular weight excluding hydrogens is 402 g/mol. The number of sulfonamides is 1. The summed E-state index contributed by atoms with van der Waals surface area (Å²) in [6, 6.07) is 15.7. The maximum atomic E-state index is 11.6. The second-order valence-electron chi connectivity index (χ2n) is 7.14. The van der Waals surface area contributed by atoms with E-state index in [4.69, 9.17) is 5.14 Å². The quantitative estimate of drug-likeness (QED) is 0.355. The molecule has 0 aliphatic rings. The Bertz CT molecular complexity index is 1550. The van der Waals surface area contributed by atoms with Gasteiger partial charge in [0.25, 0.3) is 0 Å². The molecule has 0 saturated heterocycles. The number of hydrogen-bond acceptors (Lipinski definition) is 5. The molecule has 0 fully saturated rings. The van der Waals surface area contributed by atoms with E-state index in [0.717, 1.165) is 27.6 Å². The van der Waals surface area contributed by atoms with Crippen molar-refractivity contribution in [3.05, 3.63) is 60.2 Å². The van der Waals surface area contributed by atoms with Crippen LogP contribution in [-0.4, -0.2) is 33.7 Å². The van der Waals surface area contributed by atoms with Gasteiger partial charge in [-0.3, -0.25) is 5.10 Å². The van der Waals surface area contributed by atoms with Crippen LogP contribution in [-0.2, 0) is 10.0 Å². The lowest BCUT2D eigenvalue weighted by Crippen LogP contribution is -2.11. The average Bonchev–Trinajstić information content (AvgIpc) is 3.29. The molecule has 0 unspecified atom stereocenters. The van der Waals surface area contributed by atoms with Crippen molar-refractivity contribution < 1.29 is 13.5 Å². The monoisotopic (exact) mass is 419 g/mol. The van der Waals surface area contributed by atoms with Crippen molar-refractivity contribution in [3.63, 3.8) is 0 Å². The summed E-state index contributed by atoms with van der Waals surface area (Å²) in [4.78, 5) is 7.67. The van der Waals surface area contributed by atoms with E-state index in [9.17, 15) is 13.5 Å². The summed E-state index contributed by atoms with van der Waals surface area (Å²) in [7, 11) is -3.80. The summed E-state index contributed by atoms with van der Waals surface area (Å²) in [5.74, 6) is 0.757. The van der Waals surface area contributed by atoms with Gasteiger partial charge < -0.3 is 10.1 Å². The molecule has 150 valence electrons. The predicted octanol–water partition coefficient (Wildman–Crippen LogP) is 3.43. The van der Waals surface area contributed by atoms with Gasteiger partial charge in [-0.25, -0.2) is 18.5 Å². The molecule has 0 atom stereocenters. The second-order valence-corrected chi connectivity index (χ2v) is 8.70. The summed E-state index contributed by atoms with van der Waals surface area (Å²) >= 11 is 0. The fourth-order valence-electron chi connectivity index (χ4n) is 3.62. The molecule has 0 spiro atoms. The fraction of sp³-hybridized carbons (Fsp3) is 0.0476. The van der Waals surface area contributed by atoms with Gasteiger partial charge in [-0.2, -0.15) is 5.10 Å². The first-order chi connectivity index (χ1) is 14.3. The Morgan fingerprint density at radius 1 is 1.00 bits per heavy atom. The molecule has 5 rings (SSSR count). The highest BCUT2D eigenvalue weighted by atomic mass is 32.2. The molecule has 5 aromatic rings. The number of H-pyrrole nitrogens is 2. The van der Waals surface area contributed by atoms with Crippen molar-refractivity contribution in [2.75, 3.05) is 0 Å². The maximum absolute atomic E-state index is 11.6. The number of nitrogens with zero attached hydrogens (tertiary/aromatic N) is 2. The number of fused-ring (bicyclic) bond motifs is 2. The van der Waals surface area contributed by atoms with E-state index in [1.165, 1.54) is 12.1 Å². The van der Waals surface area contributed by atoms with Gasteiger partial charge in [-0.1, -0.05) is 12.1 Å². The maximum Gasteiger partial charge on any atom is 0.238 e. The highest BCUT2D eigenvalue weighted by Crippen LogP contribution is 2.32. The van der Waals surface area contributed by atoms with E-state index < -0.39 is 10.0 Å². The first-order valence-corrected chi connectivity index (χ1v) is 10.7. The van der Waals surface area contributed by atoms with Crippen LogP contribution in [0, 0.1) is 6.92 Å². The van der Waals surface area contributed by atoms with Gasteiger partial charge in [-0.05, 0) is 66.1 Å². The van der Waals surface area contributed by atoms with Crippen LogP contribution in [0.3, 0.4) is 0 Å².